The monoisotopic (exact) mass is 274 g/mol. The second kappa shape index (κ2) is 5.78. The van der Waals surface area contributed by atoms with Crippen molar-refractivity contribution in [1.29, 1.82) is 5.41 Å². The minimum absolute atomic E-state index is 0.122. The minimum Gasteiger partial charge on any atom is -0.494 e. The highest BCUT2D eigenvalue weighted by Crippen LogP contribution is 2.31. The molecule has 1 aromatic carbocycles. The first-order valence-electron chi connectivity index (χ1n) is 6.02. The molecule has 0 aliphatic carbocycles. The quantitative estimate of drug-likeness (QED) is 0.504. The Morgan fingerprint density at radius 1 is 1.47 bits per heavy atom. The maximum atomic E-state index is 11.6. The summed E-state index contributed by atoms with van der Waals surface area (Å²) < 4.78 is 5.38. The zero-order valence-corrected chi connectivity index (χ0v) is 11.3. The molecule has 1 aliphatic rings. The van der Waals surface area contributed by atoms with Gasteiger partial charge in [0.2, 0.25) is 5.91 Å². The van der Waals surface area contributed by atoms with E-state index in [2.05, 4.69) is 11.2 Å². The van der Waals surface area contributed by atoms with Crippen LogP contribution in [0.3, 0.4) is 0 Å². The zero-order chi connectivity index (χ0) is 13.8. The maximum Gasteiger partial charge on any atom is 0.226 e. The Morgan fingerprint density at radius 2 is 2.16 bits per heavy atom. The van der Waals surface area contributed by atoms with Crippen molar-refractivity contribution in [2.45, 2.75) is 19.3 Å². The van der Waals surface area contributed by atoms with E-state index in [0.29, 0.717) is 17.2 Å². The molecule has 0 bridgehead atoms. The molecule has 0 saturated carbocycles. The number of carbonyl (C=O) groups is 1. The molecule has 1 atom stereocenters. The first-order chi connectivity index (χ1) is 9.15. The molecule has 1 heterocycles. The van der Waals surface area contributed by atoms with Crippen LogP contribution in [-0.4, -0.2) is 23.4 Å². The Morgan fingerprint density at radius 3 is 2.74 bits per heavy atom. The number of hydrogen-bond donors (Lipinski definition) is 2. The molecule has 98 valence electrons. The van der Waals surface area contributed by atoms with Crippen molar-refractivity contribution < 1.29 is 9.53 Å². The number of amides is 1. The molecule has 1 aromatic rings. The van der Waals surface area contributed by atoms with Gasteiger partial charge in [0.15, 0.2) is 0 Å². The van der Waals surface area contributed by atoms with E-state index >= 15 is 0 Å². The van der Waals surface area contributed by atoms with Crippen LogP contribution < -0.4 is 10.1 Å². The summed E-state index contributed by atoms with van der Waals surface area (Å²) in [5.74, 6) is 2.81. The predicted octanol–water partition coefficient (Wildman–Crippen LogP) is 2.19. The van der Waals surface area contributed by atoms with Gasteiger partial charge in [-0.1, -0.05) is 24.4 Å². The number of nitrogens with one attached hydrogen (secondary N) is 2. The molecule has 1 amide bonds. The van der Waals surface area contributed by atoms with Crippen molar-refractivity contribution in [1.82, 2.24) is 5.32 Å². The van der Waals surface area contributed by atoms with Crippen molar-refractivity contribution in [3.63, 3.8) is 0 Å². The molecule has 1 unspecified atom stereocenters. The van der Waals surface area contributed by atoms with Crippen molar-refractivity contribution in [2.75, 3.05) is 6.61 Å². The summed E-state index contributed by atoms with van der Waals surface area (Å²) in [5.41, 5.74) is 1.49. The average molecular weight is 274 g/mol. The fourth-order valence-corrected chi connectivity index (χ4v) is 2.39. The van der Waals surface area contributed by atoms with E-state index in [-0.39, 0.29) is 18.2 Å². The highest BCUT2D eigenvalue weighted by atomic mass is 32.1. The third-order valence-electron chi connectivity index (χ3n) is 2.96. The number of benzene rings is 1. The Bertz CT molecular complexity index is 559. The van der Waals surface area contributed by atoms with E-state index in [1.54, 1.807) is 0 Å². The largest absolute Gasteiger partial charge is 0.494 e. The molecule has 1 saturated heterocycles. The van der Waals surface area contributed by atoms with Crippen molar-refractivity contribution in [2.24, 2.45) is 0 Å². The van der Waals surface area contributed by atoms with Crippen molar-refractivity contribution >= 4 is 29.0 Å². The number of ether oxygens (including phenoxy) is 1. The number of hydrogen-bond acceptors (Lipinski definition) is 4. The molecule has 0 aromatic heterocycles. The summed E-state index contributed by atoms with van der Waals surface area (Å²) in [4.78, 5) is 11.9. The van der Waals surface area contributed by atoms with Crippen LogP contribution in [0, 0.1) is 5.41 Å². The van der Waals surface area contributed by atoms with Gasteiger partial charge >= 0.3 is 0 Å². The number of piperidine rings is 1. The van der Waals surface area contributed by atoms with Gasteiger partial charge in [-0.15, -0.1) is 0 Å². The van der Waals surface area contributed by atoms with E-state index in [4.69, 9.17) is 22.4 Å². The van der Waals surface area contributed by atoms with Crippen LogP contribution in [0.15, 0.2) is 29.8 Å². The van der Waals surface area contributed by atoms with Crippen LogP contribution in [-0.2, 0) is 4.79 Å². The topological polar surface area (TPSA) is 62.2 Å². The van der Waals surface area contributed by atoms with Crippen molar-refractivity contribution in [3.8, 4) is 5.75 Å². The highest BCUT2D eigenvalue weighted by Gasteiger charge is 2.29. The summed E-state index contributed by atoms with van der Waals surface area (Å²) in [7, 11) is 0. The second-order valence-corrected chi connectivity index (χ2v) is 4.58. The first kappa shape index (κ1) is 13.5. The summed E-state index contributed by atoms with van der Waals surface area (Å²) >= 11 is 5.07. The molecule has 0 spiro atoms. The van der Waals surface area contributed by atoms with E-state index < -0.39 is 0 Å². The Balaban J connectivity index is 2.30. The molecular formula is C14H14N2O2S. The highest BCUT2D eigenvalue weighted by molar-refractivity contribution is 7.80. The molecule has 4 nitrogen and oxygen atoms in total. The third kappa shape index (κ3) is 2.89. The molecular weight excluding hydrogens is 260 g/mol. The lowest BCUT2D eigenvalue weighted by Gasteiger charge is -2.24. The molecule has 0 radical (unpaired) electrons. The van der Waals surface area contributed by atoms with Gasteiger partial charge in [0.05, 0.1) is 12.2 Å². The summed E-state index contributed by atoms with van der Waals surface area (Å²) in [6.45, 7) is 2.54. The van der Waals surface area contributed by atoms with Gasteiger partial charge in [0.1, 0.15) is 10.7 Å². The molecule has 2 rings (SSSR count). The smallest absolute Gasteiger partial charge is 0.226 e. The predicted molar refractivity (Wildman–Crippen MR) is 76.9 cm³/mol. The van der Waals surface area contributed by atoms with E-state index in [0.717, 1.165) is 11.3 Å². The second-order valence-electron chi connectivity index (χ2n) is 4.17. The van der Waals surface area contributed by atoms with E-state index in [1.165, 1.54) is 0 Å². The first-order valence-corrected chi connectivity index (χ1v) is 6.43. The summed E-state index contributed by atoms with van der Waals surface area (Å²) in [6.07, 6.45) is 0.287. The van der Waals surface area contributed by atoms with Gasteiger partial charge in [0.25, 0.3) is 0 Å². The van der Waals surface area contributed by atoms with Crippen molar-refractivity contribution in [3.05, 3.63) is 35.4 Å². The molecule has 19 heavy (non-hydrogen) atoms. The number of thiocarbonyl (C=S) groups is 1. The summed E-state index contributed by atoms with van der Waals surface area (Å²) in [5, 5.41) is 9.89. The maximum absolute atomic E-state index is 11.6. The van der Waals surface area contributed by atoms with Crippen LogP contribution in [0.25, 0.3) is 0 Å². The Hall–Kier alpha value is -1.97. The van der Waals surface area contributed by atoms with E-state index in [1.807, 2.05) is 31.2 Å². The van der Waals surface area contributed by atoms with Gasteiger partial charge in [-0.2, -0.15) is 0 Å². The lowest BCUT2D eigenvalue weighted by Crippen LogP contribution is -2.38. The summed E-state index contributed by atoms with van der Waals surface area (Å²) in [6, 6.07) is 7.51. The van der Waals surface area contributed by atoms with Crippen LogP contribution >= 0.6 is 12.2 Å². The molecule has 2 N–H and O–H groups in total. The van der Waals surface area contributed by atoms with Gasteiger partial charge < -0.3 is 10.1 Å². The van der Waals surface area contributed by atoms with Crippen LogP contribution in [0.1, 0.15) is 24.8 Å². The SMILES string of the molecule is CCOc1ccc(C2CC(=O)NC(=S)C2=C=N)cc1. The lowest BCUT2D eigenvalue weighted by molar-refractivity contribution is -0.120. The number of rotatable bonds is 3. The van der Waals surface area contributed by atoms with Crippen LogP contribution in [0.2, 0.25) is 0 Å². The van der Waals surface area contributed by atoms with Gasteiger partial charge in [-0.25, -0.2) is 0 Å². The third-order valence-corrected chi connectivity index (χ3v) is 3.29. The van der Waals surface area contributed by atoms with E-state index in [9.17, 15) is 4.79 Å². The van der Waals surface area contributed by atoms with Crippen LogP contribution in [0.4, 0.5) is 0 Å². The Kier molecular flexibility index (Phi) is 4.10. The van der Waals surface area contributed by atoms with Gasteiger partial charge in [-0.05, 0) is 30.5 Å². The fourth-order valence-electron chi connectivity index (χ4n) is 2.08. The normalized spacial score (nSPS) is 18.8. The number of carbonyl (C=O) groups excluding carboxylic acids is 1. The zero-order valence-electron chi connectivity index (χ0n) is 10.5. The lowest BCUT2D eigenvalue weighted by atomic mass is 9.86. The van der Waals surface area contributed by atoms with Gasteiger partial charge in [-0.3, -0.25) is 10.2 Å². The molecule has 5 heteroatoms. The van der Waals surface area contributed by atoms with Gasteiger partial charge in [0, 0.05) is 12.3 Å². The molecule has 1 fully saturated rings. The standard InChI is InChI=1S/C14H14N2O2S/c1-2-18-10-5-3-9(4-6-10)11-7-13(17)16-14(19)12(11)8-15/h3-6,11,15H,2,7H2,1H3,(H,16,17,19). The Labute approximate surface area is 117 Å². The fraction of sp³-hybridized carbons (Fsp3) is 0.286. The molecule has 1 aliphatic heterocycles. The average Bonchev–Trinajstić information content (AvgIpc) is 2.39. The minimum atomic E-state index is -0.200. The van der Waals surface area contributed by atoms with Crippen LogP contribution in [0.5, 0.6) is 5.75 Å².